The van der Waals surface area contributed by atoms with Crippen LogP contribution in [0.4, 0.5) is 0 Å². The first-order valence-corrected chi connectivity index (χ1v) is 10.7. The summed E-state index contributed by atoms with van der Waals surface area (Å²) in [7, 11) is -2.51. The second-order valence-corrected chi connectivity index (χ2v) is 9.15. The van der Waals surface area contributed by atoms with Gasteiger partial charge in [0.2, 0.25) is 15.9 Å². The van der Waals surface area contributed by atoms with Crippen LogP contribution in [0, 0.1) is 13.8 Å². The molecule has 1 heterocycles. The summed E-state index contributed by atoms with van der Waals surface area (Å²) in [6, 6.07) is 12.0. The molecule has 0 bridgehead atoms. The number of hydrogen-bond donors (Lipinski definition) is 2. The zero-order valence-electron chi connectivity index (χ0n) is 16.9. The summed E-state index contributed by atoms with van der Waals surface area (Å²) in [5, 5.41) is 0.825. The van der Waals surface area contributed by atoms with Gasteiger partial charge in [-0.1, -0.05) is 29.8 Å². The lowest BCUT2D eigenvalue weighted by molar-refractivity contribution is -0.128. The Balaban J connectivity index is 1.54. The van der Waals surface area contributed by atoms with Crippen LogP contribution in [0.15, 0.2) is 58.0 Å². The fourth-order valence-corrected chi connectivity index (χ4v) is 4.03. The van der Waals surface area contributed by atoms with Crippen LogP contribution in [0.3, 0.4) is 0 Å². The number of fused-ring (bicyclic) bond motifs is 1. The van der Waals surface area contributed by atoms with Gasteiger partial charge in [0.15, 0.2) is 0 Å². The lowest BCUT2D eigenvalue weighted by Gasteiger charge is -2.17. The van der Waals surface area contributed by atoms with Crippen molar-refractivity contribution >= 4 is 32.8 Å². The van der Waals surface area contributed by atoms with E-state index in [9.17, 15) is 18.0 Å². The van der Waals surface area contributed by atoms with Gasteiger partial charge in [0, 0.05) is 18.0 Å². The molecule has 0 atom stereocenters. The summed E-state index contributed by atoms with van der Waals surface area (Å²) < 4.78 is 31.4. The number of nitrogens with one attached hydrogen (secondary N) is 2. The van der Waals surface area contributed by atoms with E-state index in [4.69, 9.17) is 4.42 Å². The van der Waals surface area contributed by atoms with E-state index < -0.39 is 28.4 Å². The molecule has 1 aromatic heterocycles. The van der Waals surface area contributed by atoms with Crippen molar-refractivity contribution in [1.82, 2.24) is 15.2 Å². The summed E-state index contributed by atoms with van der Waals surface area (Å²) in [5.41, 5.74) is 7.89. The third kappa shape index (κ3) is 4.87. The maximum atomic E-state index is 12.5. The van der Waals surface area contributed by atoms with E-state index in [-0.39, 0.29) is 11.3 Å². The lowest BCUT2D eigenvalue weighted by atomic mass is 10.1. The van der Waals surface area contributed by atoms with Crippen LogP contribution in [0.25, 0.3) is 11.0 Å². The second-order valence-electron chi connectivity index (χ2n) is 7.11. The lowest BCUT2D eigenvalue weighted by Crippen LogP contribution is -2.47. The molecule has 158 valence electrons. The Labute approximate surface area is 174 Å². The zero-order valence-corrected chi connectivity index (χ0v) is 17.7. The van der Waals surface area contributed by atoms with Gasteiger partial charge in [-0.15, -0.1) is 0 Å². The van der Waals surface area contributed by atoms with Gasteiger partial charge in [0.05, 0.1) is 24.1 Å². The Kier molecular flexibility index (Phi) is 6.23. The fourth-order valence-electron chi connectivity index (χ4n) is 2.90. The Morgan fingerprint density at radius 2 is 1.60 bits per heavy atom. The van der Waals surface area contributed by atoms with Crippen LogP contribution in [0.5, 0.6) is 0 Å². The monoisotopic (exact) mass is 429 g/mol. The standard InChI is InChI=1S/C21H23N3O5S/c1-14-4-7-17(8-5-14)30(27,28)24(3)12-21(26)23-22-20(25)11-16-13-29-19-10-15(2)6-9-18(16)19/h4-10,13H,11-12H2,1-3H3,(H,22,25)(H,23,26). The van der Waals surface area contributed by atoms with Crippen LogP contribution in [-0.4, -0.2) is 38.1 Å². The van der Waals surface area contributed by atoms with E-state index in [0.717, 1.165) is 20.8 Å². The number of hydrogen-bond acceptors (Lipinski definition) is 5. The Morgan fingerprint density at radius 3 is 2.30 bits per heavy atom. The van der Waals surface area contributed by atoms with Gasteiger partial charge in [-0.2, -0.15) is 4.31 Å². The number of carbonyl (C=O) groups excluding carboxylic acids is 2. The molecule has 2 amide bonds. The highest BCUT2D eigenvalue weighted by Gasteiger charge is 2.23. The van der Waals surface area contributed by atoms with Crippen molar-refractivity contribution in [1.29, 1.82) is 0 Å². The number of benzene rings is 2. The van der Waals surface area contributed by atoms with Crippen LogP contribution >= 0.6 is 0 Å². The van der Waals surface area contributed by atoms with Gasteiger partial charge in [-0.05, 0) is 37.6 Å². The molecule has 0 aliphatic carbocycles. The minimum atomic E-state index is -3.81. The molecule has 0 unspecified atom stereocenters. The van der Waals surface area contributed by atoms with Crippen molar-refractivity contribution in [3.8, 4) is 0 Å². The summed E-state index contributed by atoms with van der Waals surface area (Å²) in [4.78, 5) is 24.3. The molecule has 2 N–H and O–H groups in total. The van der Waals surface area contributed by atoms with E-state index in [0.29, 0.717) is 11.1 Å². The highest BCUT2D eigenvalue weighted by atomic mass is 32.2. The number of carbonyl (C=O) groups is 2. The summed E-state index contributed by atoms with van der Waals surface area (Å²) in [6.07, 6.45) is 1.52. The second kappa shape index (κ2) is 8.68. The zero-order chi connectivity index (χ0) is 21.9. The number of amides is 2. The highest BCUT2D eigenvalue weighted by molar-refractivity contribution is 7.89. The summed E-state index contributed by atoms with van der Waals surface area (Å²) in [5.74, 6) is -1.11. The van der Waals surface area contributed by atoms with Crippen molar-refractivity contribution in [2.45, 2.75) is 25.2 Å². The number of likely N-dealkylation sites (N-methyl/N-ethyl adjacent to an activating group) is 1. The Bertz CT molecular complexity index is 1180. The van der Waals surface area contributed by atoms with Gasteiger partial charge in [-0.25, -0.2) is 8.42 Å². The first-order valence-electron chi connectivity index (χ1n) is 9.24. The van der Waals surface area contributed by atoms with Crippen molar-refractivity contribution < 1.29 is 22.4 Å². The number of aryl methyl sites for hydroxylation is 2. The average molecular weight is 429 g/mol. The molecule has 0 saturated heterocycles. The first kappa shape index (κ1) is 21.5. The molecule has 3 aromatic rings. The van der Waals surface area contributed by atoms with Crippen molar-refractivity contribution in [3.63, 3.8) is 0 Å². The molecule has 8 nitrogen and oxygen atoms in total. The van der Waals surface area contributed by atoms with E-state index in [2.05, 4.69) is 10.9 Å². The van der Waals surface area contributed by atoms with E-state index in [1.165, 1.54) is 25.4 Å². The normalized spacial score (nSPS) is 11.6. The predicted octanol–water partition coefficient (Wildman–Crippen LogP) is 2.06. The van der Waals surface area contributed by atoms with Gasteiger partial charge >= 0.3 is 0 Å². The quantitative estimate of drug-likeness (QED) is 0.583. The largest absolute Gasteiger partial charge is 0.464 e. The van der Waals surface area contributed by atoms with Crippen molar-refractivity contribution in [3.05, 3.63) is 65.4 Å². The molecular formula is C21H23N3O5S. The van der Waals surface area contributed by atoms with Crippen LogP contribution in [-0.2, 0) is 26.0 Å². The molecule has 0 aliphatic rings. The molecular weight excluding hydrogens is 406 g/mol. The molecule has 3 rings (SSSR count). The molecule has 9 heteroatoms. The average Bonchev–Trinajstić information content (AvgIpc) is 3.08. The van der Waals surface area contributed by atoms with Gasteiger partial charge in [-0.3, -0.25) is 20.4 Å². The van der Waals surface area contributed by atoms with E-state index in [1.807, 2.05) is 32.0 Å². The third-order valence-corrected chi connectivity index (χ3v) is 6.42. The third-order valence-electron chi connectivity index (χ3n) is 4.60. The molecule has 30 heavy (non-hydrogen) atoms. The molecule has 0 saturated carbocycles. The van der Waals surface area contributed by atoms with Crippen molar-refractivity contribution in [2.75, 3.05) is 13.6 Å². The number of nitrogens with zero attached hydrogens (tertiary/aromatic N) is 1. The number of rotatable bonds is 6. The van der Waals surface area contributed by atoms with Crippen LogP contribution < -0.4 is 10.9 Å². The maximum absolute atomic E-state index is 12.5. The topological polar surface area (TPSA) is 109 Å². The molecule has 0 radical (unpaired) electrons. The van der Waals surface area contributed by atoms with Crippen molar-refractivity contribution in [2.24, 2.45) is 0 Å². The van der Waals surface area contributed by atoms with Crippen LogP contribution in [0.2, 0.25) is 0 Å². The molecule has 0 spiro atoms. The van der Waals surface area contributed by atoms with Gasteiger partial charge in [0.1, 0.15) is 5.58 Å². The van der Waals surface area contributed by atoms with E-state index in [1.54, 1.807) is 12.1 Å². The smallest absolute Gasteiger partial charge is 0.253 e. The number of hydrazine groups is 1. The molecule has 2 aromatic carbocycles. The maximum Gasteiger partial charge on any atom is 0.253 e. The minimum Gasteiger partial charge on any atom is -0.464 e. The van der Waals surface area contributed by atoms with Crippen LogP contribution in [0.1, 0.15) is 16.7 Å². The Morgan fingerprint density at radius 1 is 0.967 bits per heavy atom. The molecule has 0 fully saturated rings. The first-order chi connectivity index (χ1) is 14.2. The number of sulfonamides is 1. The predicted molar refractivity (Wildman–Crippen MR) is 112 cm³/mol. The van der Waals surface area contributed by atoms with Gasteiger partial charge in [0.25, 0.3) is 5.91 Å². The summed E-state index contributed by atoms with van der Waals surface area (Å²) >= 11 is 0. The minimum absolute atomic E-state index is 0.00778. The SMILES string of the molecule is Cc1ccc(S(=O)(=O)N(C)CC(=O)NNC(=O)Cc2coc3cc(C)ccc23)cc1. The highest BCUT2D eigenvalue weighted by Crippen LogP contribution is 2.22. The van der Waals surface area contributed by atoms with E-state index >= 15 is 0 Å². The Hall–Kier alpha value is -3.17. The molecule has 0 aliphatic heterocycles. The van der Waals surface area contributed by atoms with Gasteiger partial charge < -0.3 is 4.42 Å². The number of furan rings is 1. The summed E-state index contributed by atoms with van der Waals surface area (Å²) in [6.45, 7) is 3.36. The fraction of sp³-hybridized carbons (Fsp3) is 0.238.